The minimum atomic E-state index is -0.606. The second kappa shape index (κ2) is 10.4. The van der Waals surface area contributed by atoms with Gasteiger partial charge in [0.2, 0.25) is 0 Å². The lowest BCUT2D eigenvalue weighted by Crippen LogP contribution is -2.43. The number of hydrogen-bond donors (Lipinski definition) is 2. The summed E-state index contributed by atoms with van der Waals surface area (Å²) < 4.78 is 12.7. The van der Waals surface area contributed by atoms with Crippen LogP contribution in [-0.4, -0.2) is 39.3 Å². The van der Waals surface area contributed by atoms with Crippen LogP contribution in [-0.2, 0) is 11.2 Å². The van der Waals surface area contributed by atoms with Gasteiger partial charge in [-0.3, -0.25) is 4.98 Å². The summed E-state index contributed by atoms with van der Waals surface area (Å²) >= 11 is 8.04. The molecule has 0 saturated heterocycles. The number of thiophene rings is 1. The number of nitrogens with zero attached hydrogens (tertiary/aromatic N) is 2. The SMILES string of the molecule is CC(C)(C)OC(=O)NC(COc1cnc(Cl)c(-c2cc3ccncc3s2)c1)Cc1c[nH]c2ccccc12. The Hall–Kier alpha value is -3.62. The molecular formula is C28H27ClN4O3S. The molecule has 9 heteroatoms. The van der Waals surface area contributed by atoms with Crippen molar-refractivity contribution in [2.45, 2.75) is 38.8 Å². The number of amides is 1. The van der Waals surface area contributed by atoms with Crippen LogP contribution in [0.1, 0.15) is 26.3 Å². The van der Waals surface area contributed by atoms with E-state index in [0.717, 1.165) is 37.0 Å². The van der Waals surface area contributed by atoms with Crippen molar-refractivity contribution in [1.82, 2.24) is 20.3 Å². The van der Waals surface area contributed by atoms with Crippen LogP contribution in [0.3, 0.4) is 0 Å². The third-order valence-electron chi connectivity index (χ3n) is 5.72. The molecule has 1 unspecified atom stereocenters. The van der Waals surface area contributed by atoms with E-state index in [9.17, 15) is 4.79 Å². The minimum absolute atomic E-state index is 0.220. The van der Waals surface area contributed by atoms with Crippen LogP contribution in [0.5, 0.6) is 5.75 Å². The molecule has 0 bridgehead atoms. The predicted molar refractivity (Wildman–Crippen MR) is 149 cm³/mol. The van der Waals surface area contributed by atoms with E-state index in [-0.39, 0.29) is 12.6 Å². The Morgan fingerprint density at radius 3 is 2.84 bits per heavy atom. The normalized spacial score (nSPS) is 12.5. The van der Waals surface area contributed by atoms with Gasteiger partial charge in [0, 0.05) is 39.9 Å². The molecule has 0 aliphatic heterocycles. The number of benzene rings is 1. The summed E-state index contributed by atoms with van der Waals surface area (Å²) in [5.74, 6) is 0.560. The fourth-order valence-corrected chi connectivity index (χ4v) is 5.39. The smallest absolute Gasteiger partial charge is 0.408 e. The highest BCUT2D eigenvalue weighted by Gasteiger charge is 2.22. The standard InChI is InChI=1S/C28H27ClN4O3S/c1-28(2,3)36-27(34)33-19(10-18-13-31-23-7-5-4-6-21(18)23)16-35-20-12-22(26(29)32-14-20)24-11-17-8-9-30-15-25(17)37-24/h4-9,11-15,19,31H,10,16H2,1-3H3,(H,33,34). The number of carbonyl (C=O) groups is 1. The molecule has 0 saturated carbocycles. The molecule has 37 heavy (non-hydrogen) atoms. The van der Waals surface area contributed by atoms with Crippen LogP contribution < -0.4 is 10.1 Å². The number of nitrogens with one attached hydrogen (secondary N) is 2. The van der Waals surface area contributed by atoms with E-state index in [1.165, 1.54) is 0 Å². The summed E-state index contributed by atoms with van der Waals surface area (Å²) in [6, 6.07) is 13.6. The van der Waals surface area contributed by atoms with Gasteiger partial charge in [0.05, 0.1) is 16.9 Å². The zero-order valence-electron chi connectivity index (χ0n) is 20.7. The second-order valence-corrected chi connectivity index (χ2v) is 11.2. The predicted octanol–water partition coefficient (Wildman–Crippen LogP) is 7.01. The topological polar surface area (TPSA) is 89.1 Å². The molecule has 0 radical (unpaired) electrons. The first-order chi connectivity index (χ1) is 17.7. The zero-order chi connectivity index (χ0) is 26.0. The highest BCUT2D eigenvalue weighted by molar-refractivity contribution is 7.22. The lowest BCUT2D eigenvalue weighted by molar-refractivity contribution is 0.0488. The summed E-state index contributed by atoms with van der Waals surface area (Å²) in [5.41, 5.74) is 2.30. The van der Waals surface area contributed by atoms with Gasteiger partial charge >= 0.3 is 6.09 Å². The molecule has 7 nitrogen and oxygen atoms in total. The van der Waals surface area contributed by atoms with Gasteiger partial charge in [0.25, 0.3) is 0 Å². The number of pyridine rings is 2. The van der Waals surface area contributed by atoms with E-state index in [2.05, 4.69) is 32.4 Å². The first-order valence-electron chi connectivity index (χ1n) is 11.9. The molecule has 5 aromatic rings. The van der Waals surface area contributed by atoms with Gasteiger partial charge in [-0.2, -0.15) is 0 Å². The van der Waals surface area contributed by atoms with E-state index in [1.54, 1.807) is 23.7 Å². The van der Waals surface area contributed by atoms with Crippen LogP contribution in [0, 0.1) is 0 Å². The Morgan fingerprint density at radius 1 is 1.19 bits per heavy atom. The van der Waals surface area contributed by atoms with Crippen LogP contribution >= 0.6 is 22.9 Å². The number of aromatic nitrogens is 3. The maximum atomic E-state index is 12.6. The number of carbonyl (C=O) groups excluding carboxylic acids is 1. The van der Waals surface area contributed by atoms with Crippen molar-refractivity contribution in [1.29, 1.82) is 0 Å². The Balaban J connectivity index is 1.36. The number of hydrogen-bond acceptors (Lipinski definition) is 6. The summed E-state index contributed by atoms with van der Waals surface area (Å²) in [4.78, 5) is 25.4. The third-order valence-corrected chi connectivity index (χ3v) is 7.14. The molecule has 4 heterocycles. The Labute approximate surface area is 223 Å². The van der Waals surface area contributed by atoms with E-state index in [4.69, 9.17) is 21.1 Å². The van der Waals surface area contributed by atoms with Gasteiger partial charge in [-0.25, -0.2) is 9.78 Å². The molecule has 0 fully saturated rings. The number of halogens is 1. The summed E-state index contributed by atoms with van der Waals surface area (Å²) in [5, 5.41) is 5.57. The van der Waals surface area contributed by atoms with Crippen molar-refractivity contribution >= 4 is 50.0 Å². The van der Waals surface area contributed by atoms with Gasteiger partial charge in [0.1, 0.15) is 23.1 Å². The average Bonchev–Trinajstić information content (AvgIpc) is 3.46. The van der Waals surface area contributed by atoms with E-state index < -0.39 is 11.7 Å². The average molecular weight is 535 g/mol. The highest BCUT2D eigenvalue weighted by atomic mass is 35.5. The van der Waals surface area contributed by atoms with E-state index in [0.29, 0.717) is 17.3 Å². The monoisotopic (exact) mass is 534 g/mol. The van der Waals surface area contributed by atoms with Gasteiger partial charge in [-0.15, -0.1) is 11.3 Å². The fourth-order valence-electron chi connectivity index (χ4n) is 4.09. The molecule has 0 spiro atoms. The van der Waals surface area contributed by atoms with Crippen LogP contribution in [0.15, 0.2) is 67.3 Å². The number of fused-ring (bicyclic) bond motifs is 2. The Kier molecular flexibility index (Phi) is 7.04. The lowest BCUT2D eigenvalue weighted by atomic mass is 10.1. The van der Waals surface area contributed by atoms with E-state index in [1.807, 2.05) is 63.5 Å². The molecule has 5 rings (SSSR count). The molecule has 1 amide bonds. The first-order valence-corrected chi connectivity index (χ1v) is 13.1. The highest BCUT2D eigenvalue weighted by Crippen LogP contribution is 2.37. The summed E-state index contributed by atoms with van der Waals surface area (Å²) in [7, 11) is 0. The number of ether oxygens (including phenoxy) is 2. The van der Waals surface area contributed by atoms with Crippen molar-refractivity contribution < 1.29 is 14.3 Å². The van der Waals surface area contributed by atoms with E-state index >= 15 is 0 Å². The molecular weight excluding hydrogens is 508 g/mol. The number of rotatable bonds is 7. The third kappa shape index (κ3) is 6.03. The largest absolute Gasteiger partial charge is 0.490 e. The number of para-hydroxylation sites is 1. The molecule has 2 N–H and O–H groups in total. The Morgan fingerprint density at radius 2 is 2.03 bits per heavy atom. The molecule has 190 valence electrons. The number of H-pyrrole nitrogens is 1. The van der Waals surface area contributed by atoms with Crippen LogP contribution in [0.2, 0.25) is 5.15 Å². The molecule has 4 aromatic heterocycles. The first kappa shape index (κ1) is 25.0. The molecule has 1 atom stereocenters. The molecule has 0 aliphatic carbocycles. The van der Waals surface area contributed by atoms with Crippen LogP contribution in [0.4, 0.5) is 4.79 Å². The fraction of sp³-hybridized carbons (Fsp3) is 0.250. The van der Waals surface area contributed by atoms with Crippen molar-refractivity contribution in [3.05, 3.63) is 78.0 Å². The Bertz CT molecular complexity index is 1520. The maximum Gasteiger partial charge on any atom is 0.408 e. The minimum Gasteiger partial charge on any atom is -0.490 e. The van der Waals surface area contributed by atoms with Gasteiger partial charge in [-0.1, -0.05) is 29.8 Å². The van der Waals surface area contributed by atoms with Gasteiger partial charge in [0.15, 0.2) is 0 Å². The van der Waals surface area contributed by atoms with Gasteiger partial charge in [-0.05, 0) is 62.4 Å². The van der Waals surface area contributed by atoms with Crippen molar-refractivity contribution in [3.8, 4) is 16.2 Å². The number of aromatic amines is 1. The summed E-state index contributed by atoms with van der Waals surface area (Å²) in [6.45, 7) is 5.73. The molecule has 1 aromatic carbocycles. The van der Waals surface area contributed by atoms with Crippen molar-refractivity contribution in [2.24, 2.45) is 0 Å². The van der Waals surface area contributed by atoms with Crippen molar-refractivity contribution in [2.75, 3.05) is 6.61 Å². The zero-order valence-corrected chi connectivity index (χ0v) is 22.3. The quantitative estimate of drug-likeness (QED) is 0.219. The molecule has 0 aliphatic rings. The summed E-state index contributed by atoms with van der Waals surface area (Å²) in [6.07, 6.45) is 7.23. The lowest BCUT2D eigenvalue weighted by Gasteiger charge is -2.24. The number of alkyl carbamates (subject to hydrolysis) is 1. The van der Waals surface area contributed by atoms with Crippen molar-refractivity contribution in [3.63, 3.8) is 0 Å². The van der Waals surface area contributed by atoms with Crippen LogP contribution in [0.25, 0.3) is 31.4 Å². The van der Waals surface area contributed by atoms with Gasteiger partial charge < -0.3 is 19.8 Å². The maximum absolute atomic E-state index is 12.6. The second-order valence-electron chi connectivity index (χ2n) is 9.75.